The number of rotatable bonds is 2. The van der Waals surface area contributed by atoms with Gasteiger partial charge in [0.15, 0.2) is 29.2 Å². The number of nitrogens with zero attached hydrogens (tertiary/aromatic N) is 2. The number of furan rings is 1. The summed E-state index contributed by atoms with van der Waals surface area (Å²) in [6.07, 6.45) is 1.85. The van der Waals surface area contributed by atoms with Crippen molar-refractivity contribution in [1.82, 2.24) is 4.98 Å². The Morgan fingerprint density at radius 3 is 2.35 bits per heavy atom. The van der Waals surface area contributed by atoms with Gasteiger partial charge in [-0.25, -0.2) is 22.7 Å². The van der Waals surface area contributed by atoms with Crippen molar-refractivity contribution in [2.24, 2.45) is 7.05 Å². The number of hydrogen-bond acceptors (Lipinski definition) is 2. The minimum Gasteiger partial charge on any atom is -0.437 e. The maximum absolute atomic E-state index is 14.0. The quantitative estimate of drug-likeness (QED) is 0.253. The third-order valence-electron chi connectivity index (χ3n) is 5.57. The smallest absolute Gasteiger partial charge is 0.227 e. The lowest BCUT2D eigenvalue weighted by atomic mass is 9.94. The van der Waals surface area contributed by atoms with Gasteiger partial charge in [0.25, 0.3) is 0 Å². The fraction of sp³-hybridized carbons (Fsp3) is 0.120. The molecule has 0 spiro atoms. The number of aromatic nitrogens is 2. The summed E-state index contributed by atoms with van der Waals surface area (Å²) in [5.74, 6) is -3.95. The summed E-state index contributed by atoms with van der Waals surface area (Å²) in [5.41, 5.74) is 5.22. The Balaban J connectivity index is 1.88. The highest BCUT2D eigenvalue weighted by Gasteiger charge is 2.26. The van der Waals surface area contributed by atoms with E-state index >= 15 is 0 Å². The zero-order valence-electron chi connectivity index (χ0n) is 17.1. The molecule has 0 atom stereocenters. The third kappa shape index (κ3) is 2.98. The molecule has 0 bridgehead atoms. The van der Waals surface area contributed by atoms with Crippen LogP contribution in [0.2, 0.25) is 0 Å². The van der Waals surface area contributed by atoms with Gasteiger partial charge in [-0.3, -0.25) is 0 Å². The molecule has 0 aliphatic carbocycles. The molecule has 2 aromatic carbocycles. The fourth-order valence-corrected chi connectivity index (χ4v) is 4.07. The van der Waals surface area contributed by atoms with Crippen molar-refractivity contribution in [3.05, 3.63) is 83.4 Å². The molecule has 0 N–H and O–H groups in total. The lowest BCUT2D eigenvalue weighted by Gasteiger charge is -2.11. The second-order valence-electron chi connectivity index (χ2n) is 7.68. The molecule has 0 saturated heterocycles. The minimum absolute atomic E-state index is 0.240. The Morgan fingerprint density at radius 2 is 1.61 bits per heavy atom. The molecule has 3 aromatic heterocycles. The normalized spacial score (nSPS) is 11.5. The van der Waals surface area contributed by atoms with E-state index in [4.69, 9.17) is 4.42 Å². The largest absolute Gasteiger partial charge is 0.437 e. The Morgan fingerprint density at radius 1 is 0.903 bits per heavy atom. The van der Waals surface area contributed by atoms with E-state index in [1.54, 1.807) is 12.1 Å². The van der Waals surface area contributed by atoms with Crippen LogP contribution in [-0.2, 0) is 7.05 Å². The van der Waals surface area contributed by atoms with Crippen molar-refractivity contribution in [2.75, 3.05) is 0 Å². The van der Waals surface area contributed by atoms with Gasteiger partial charge in [0.2, 0.25) is 11.4 Å². The Bertz CT molecular complexity index is 1480. The van der Waals surface area contributed by atoms with Gasteiger partial charge >= 0.3 is 0 Å². The molecule has 5 rings (SSSR count). The van der Waals surface area contributed by atoms with Gasteiger partial charge in [-0.15, -0.1) is 0 Å². The number of hydrogen-bond donors (Lipinski definition) is 0. The summed E-state index contributed by atoms with van der Waals surface area (Å²) in [5, 5.41) is 1.79. The van der Waals surface area contributed by atoms with E-state index in [-0.39, 0.29) is 5.56 Å². The summed E-state index contributed by atoms with van der Waals surface area (Å²) in [4.78, 5) is 4.50. The molecule has 0 unspecified atom stereocenters. The predicted molar refractivity (Wildman–Crippen MR) is 113 cm³/mol. The first-order valence-electron chi connectivity index (χ1n) is 9.78. The lowest BCUT2D eigenvalue weighted by Crippen LogP contribution is -2.31. The highest BCUT2D eigenvalue weighted by atomic mass is 19.2. The van der Waals surface area contributed by atoms with Gasteiger partial charge < -0.3 is 4.42 Å². The lowest BCUT2D eigenvalue weighted by molar-refractivity contribution is -0.659. The minimum atomic E-state index is -1.48. The average molecular weight is 419 g/mol. The number of halogens is 3. The van der Waals surface area contributed by atoms with Crippen LogP contribution in [0, 0.1) is 31.3 Å². The topological polar surface area (TPSA) is 29.9 Å². The molecular weight excluding hydrogens is 401 g/mol. The van der Waals surface area contributed by atoms with E-state index < -0.39 is 17.5 Å². The number of pyridine rings is 2. The first-order chi connectivity index (χ1) is 14.8. The molecule has 6 heteroatoms. The summed E-state index contributed by atoms with van der Waals surface area (Å²) >= 11 is 0. The van der Waals surface area contributed by atoms with Gasteiger partial charge in [0, 0.05) is 22.5 Å². The SMILES string of the molecule is Cc1ccc2c(n1)oc1c(-c3c(-c4cc(F)c(F)c(F)c4)ccc[n+]3C)c(C)ccc12. The Kier molecular flexibility index (Phi) is 4.32. The molecule has 3 nitrogen and oxygen atoms in total. The van der Waals surface area contributed by atoms with E-state index in [0.717, 1.165) is 39.7 Å². The maximum Gasteiger partial charge on any atom is 0.227 e. The Labute approximate surface area is 176 Å². The van der Waals surface area contributed by atoms with E-state index in [1.807, 2.05) is 55.9 Å². The zero-order valence-corrected chi connectivity index (χ0v) is 17.1. The molecule has 31 heavy (non-hydrogen) atoms. The Hall–Kier alpha value is -3.67. The van der Waals surface area contributed by atoms with Crippen LogP contribution in [0.5, 0.6) is 0 Å². The molecule has 154 valence electrons. The maximum atomic E-state index is 14.0. The van der Waals surface area contributed by atoms with Crippen molar-refractivity contribution in [1.29, 1.82) is 0 Å². The molecule has 0 aliphatic rings. The summed E-state index contributed by atoms with van der Waals surface area (Å²) < 4.78 is 49.7. The summed E-state index contributed by atoms with van der Waals surface area (Å²) in [7, 11) is 1.85. The molecule has 0 amide bonds. The van der Waals surface area contributed by atoms with Crippen LogP contribution in [0.4, 0.5) is 13.2 Å². The van der Waals surface area contributed by atoms with Gasteiger partial charge in [-0.1, -0.05) is 12.1 Å². The van der Waals surface area contributed by atoms with Gasteiger partial charge in [0.05, 0.1) is 11.1 Å². The van der Waals surface area contributed by atoms with Crippen LogP contribution < -0.4 is 4.57 Å². The van der Waals surface area contributed by atoms with E-state index in [2.05, 4.69) is 4.98 Å². The monoisotopic (exact) mass is 419 g/mol. The van der Waals surface area contributed by atoms with Crippen LogP contribution in [0.15, 0.2) is 59.1 Å². The number of benzene rings is 2. The molecule has 0 aliphatic heterocycles. The standard InChI is InChI=1S/C25H18F3N2O/c1-13-6-8-17-18-9-7-14(2)29-25(18)31-24(17)21(13)23-16(5-4-10-30(23)3)15-11-19(26)22(28)20(27)12-15/h4-12H,1-3H3/q+1. The van der Waals surface area contributed by atoms with Crippen LogP contribution >= 0.6 is 0 Å². The average Bonchev–Trinajstić information content (AvgIpc) is 3.09. The van der Waals surface area contributed by atoms with E-state index in [1.165, 1.54) is 0 Å². The third-order valence-corrected chi connectivity index (χ3v) is 5.57. The van der Waals surface area contributed by atoms with E-state index in [9.17, 15) is 13.2 Å². The zero-order chi connectivity index (χ0) is 21.9. The van der Waals surface area contributed by atoms with Crippen molar-refractivity contribution in [3.8, 4) is 22.4 Å². The van der Waals surface area contributed by atoms with Crippen LogP contribution in [0.1, 0.15) is 11.3 Å². The molecule has 5 aromatic rings. The number of fused-ring (bicyclic) bond motifs is 3. The van der Waals surface area contributed by atoms with E-state index in [0.29, 0.717) is 22.6 Å². The summed E-state index contributed by atoms with van der Waals surface area (Å²) in [6, 6.07) is 13.4. The van der Waals surface area contributed by atoms with Crippen LogP contribution in [0.25, 0.3) is 44.5 Å². The first-order valence-corrected chi connectivity index (χ1v) is 9.78. The predicted octanol–water partition coefficient (Wildman–Crippen LogP) is 6.17. The fourth-order valence-electron chi connectivity index (χ4n) is 4.07. The van der Waals surface area contributed by atoms with Crippen molar-refractivity contribution in [2.45, 2.75) is 13.8 Å². The highest BCUT2D eigenvalue weighted by Crippen LogP contribution is 2.40. The van der Waals surface area contributed by atoms with Crippen molar-refractivity contribution >= 4 is 22.1 Å². The van der Waals surface area contributed by atoms with Gasteiger partial charge in [-0.05, 0) is 55.3 Å². The number of aryl methyl sites for hydroxylation is 3. The van der Waals surface area contributed by atoms with Crippen molar-refractivity contribution in [3.63, 3.8) is 0 Å². The van der Waals surface area contributed by atoms with Crippen molar-refractivity contribution < 1.29 is 22.2 Å². The first kappa shape index (κ1) is 19.3. The van der Waals surface area contributed by atoms with Crippen LogP contribution in [-0.4, -0.2) is 4.98 Å². The summed E-state index contributed by atoms with van der Waals surface area (Å²) in [6.45, 7) is 3.84. The van der Waals surface area contributed by atoms with Crippen LogP contribution in [0.3, 0.4) is 0 Å². The molecule has 3 heterocycles. The van der Waals surface area contributed by atoms with Gasteiger partial charge in [-0.2, -0.15) is 0 Å². The second-order valence-corrected chi connectivity index (χ2v) is 7.68. The van der Waals surface area contributed by atoms with Gasteiger partial charge in [0.1, 0.15) is 7.05 Å². The highest BCUT2D eigenvalue weighted by molar-refractivity contribution is 6.09. The molecule has 0 radical (unpaired) electrons. The second kappa shape index (κ2) is 6.94. The molecule has 0 fully saturated rings. The molecule has 0 saturated carbocycles. The molecular formula is C25H18F3N2O+.